The van der Waals surface area contributed by atoms with Crippen molar-refractivity contribution in [2.24, 2.45) is 5.92 Å². The lowest BCUT2D eigenvalue weighted by Crippen LogP contribution is -2.45. The molecule has 3 nitrogen and oxygen atoms in total. The van der Waals surface area contributed by atoms with Gasteiger partial charge in [-0.2, -0.15) is 0 Å². The minimum absolute atomic E-state index is 0.177. The van der Waals surface area contributed by atoms with Crippen molar-refractivity contribution in [2.45, 2.75) is 31.3 Å². The molecule has 2 atom stereocenters. The van der Waals surface area contributed by atoms with E-state index in [0.29, 0.717) is 0 Å². The minimum atomic E-state index is 0.177. The van der Waals surface area contributed by atoms with Crippen molar-refractivity contribution in [3.8, 4) is 0 Å². The summed E-state index contributed by atoms with van der Waals surface area (Å²) in [7, 11) is 1.77. The van der Waals surface area contributed by atoms with E-state index in [4.69, 9.17) is 9.47 Å². The van der Waals surface area contributed by atoms with Crippen molar-refractivity contribution in [2.75, 3.05) is 33.4 Å². The highest BCUT2D eigenvalue weighted by Crippen LogP contribution is 2.36. The minimum Gasteiger partial charge on any atom is -0.385 e. The molecule has 2 aliphatic rings. The van der Waals surface area contributed by atoms with E-state index in [1.807, 2.05) is 0 Å². The van der Waals surface area contributed by atoms with Crippen LogP contribution in [0, 0.1) is 5.92 Å². The number of hydrogen-bond acceptors (Lipinski definition) is 3. The Kier molecular flexibility index (Phi) is 3.42. The zero-order valence-electron chi connectivity index (χ0n) is 9.05. The van der Waals surface area contributed by atoms with Gasteiger partial charge in [-0.15, -0.1) is 0 Å². The highest BCUT2D eigenvalue weighted by atomic mass is 16.5. The van der Waals surface area contributed by atoms with Crippen molar-refractivity contribution in [1.82, 2.24) is 5.32 Å². The van der Waals surface area contributed by atoms with Gasteiger partial charge in [-0.3, -0.25) is 0 Å². The first-order valence-corrected chi connectivity index (χ1v) is 5.68. The van der Waals surface area contributed by atoms with Gasteiger partial charge in [0.25, 0.3) is 0 Å². The number of methoxy groups -OCH3 is 1. The van der Waals surface area contributed by atoms with E-state index in [9.17, 15) is 0 Å². The molecule has 0 aliphatic carbocycles. The van der Waals surface area contributed by atoms with Gasteiger partial charge in [-0.05, 0) is 38.1 Å². The van der Waals surface area contributed by atoms with Gasteiger partial charge < -0.3 is 14.8 Å². The Morgan fingerprint density at radius 3 is 3.21 bits per heavy atom. The van der Waals surface area contributed by atoms with Crippen LogP contribution in [0.25, 0.3) is 0 Å². The fraction of sp³-hybridized carbons (Fsp3) is 1.00. The third kappa shape index (κ3) is 2.27. The van der Waals surface area contributed by atoms with E-state index < -0.39 is 0 Å². The Labute approximate surface area is 86.2 Å². The molecule has 2 saturated heterocycles. The third-order valence-electron chi connectivity index (χ3n) is 3.45. The van der Waals surface area contributed by atoms with Crippen molar-refractivity contribution in [1.29, 1.82) is 0 Å². The number of rotatable bonds is 3. The molecule has 1 spiro atoms. The predicted octanol–water partition coefficient (Wildman–Crippen LogP) is 1.18. The van der Waals surface area contributed by atoms with Gasteiger partial charge in [-0.1, -0.05) is 0 Å². The van der Waals surface area contributed by atoms with E-state index in [1.54, 1.807) is 7.11 Å². The second-order valence-corrected chi connectivity index (χ2v) is 4.63. The molecule has 0 bridgehead atoms. The summed E-state index contributed by atoms with van der Waals surface area (Å²) in [5, 5.41) is 3.44. The third-order valence-corrected chi connectivity index (χ3v) is 3.45. The van der Waals surface area contributed by atoms with Crippen LogP contribution < -0.4 is 5.32 Å². The molecule has 2 heterocycles. The molecule has 82 valence electrons. The molecule has 3 heteroatoms. The topological polar surface area (TPSA) is 30.5 Å². The molecule has 2 fully saturated rings. The average Bonchev–Trinajstić information content (AvgIpc) is 2.60. The molecule has 2 aliphatic heterocycles. The van der Waals surface area contributed by atoms with Gasteiger partial charge in [0, 0.05) is 20.3 Å². The first-order valence-electron chi connectivity index (χ1n) is 5.68. The van der Waals surface area contributed by atoms with E-state index in [1.165, 1.54) is 19.3 Å². The second kappa shape index (κ2) is 4.60. The fourth-order valence-electron chi connectivity index (χ4n) is 2.65. The summed E-state index contributed by atoms with van der Waals surface area (Å²) in [6.07, 6.45) is 4.88. The number of ether oxygens (including phenoxy) is 2. The number of nitrogens with one attached hydrogen (secondary N) is 1. The molecule has 0 radical (unpaired) electrons. The molecular formula is C11H21NO2. The Hall–Kier alpha value is -0.120. The highest BCUT2D eigenvalue weighted by Gasteiger charge is 2.40. The van der Waals surface area contributed by atoms with E-state index in [-0.39, 0.29) is 5.60 Å². The molecule has 14 heavy (non-hydrogen) atoms. The Balaban J connectivity index is 1.80. The summed E-state index contributed by atoms with van der Waals surface area (Å²) >= 11 is 0. The summed E-state index contributed by atoms with van der Waals surface area (Å²) in [5.74, 6) is 0.717. The summed E-state index contributed by atoms with van der Waals surface area (Å²) in [6.45, 7) is 4.02. The number of hydrogen-bond donors (Lipinski definition) is 1. The molecule has 0 aromatic heterocycles. The quantitative estimate of drug-likeness (QED) is 0.740. The van der Waals surface area contributed by atoms with Crippen LogP contribution in [0.2, 0.25) is 0 Å². The molecule has 1 N–H and O–H groups in total. The van der Waals surface area contributed by atoms with Gasteiger partial charge in [0.1, 0.15) is 0 Å². The zero-order chi connectivity index (χ0) is 9.86. The monoisotopic (exact) mass is 199 g/mol. The Morgan fingerprint density at radius 2 is 2.50 bits per heavy atom. The summed E-state index contributed by atoms with van der Waals surface area (Å²) in [4.78, 5) is 0. The van der Waals surface area contributed by atoms with Crippen LogP contribution in [-0.2, 0) is 9.47 Å². The van der Waals surface area contributed by atoms with Crippen molar-refractivity contribution < 1.29 is 9.47 Å². The van der Waals surface area contributed by atoms with E-state index in [0.717, 1.165) is 38.6 Å². The van der Waals surface area contributed by atoms with E-state index in [2.05, 4.69) is 5.32 Å². The summed E-state index contributed by atoms with van der Waals surface area (Å²) < 4.78 is 11.1. The zero-order valence-corrected chi connectivity index (χ0v) is 9.05. The highest BCUT2D eigenvalue weighted by molar-refractivity contribution is 4.93. The maximum Gasteiger partial charge on any atom is 0.0810 e. The summed E-state index contributed by atoms with van der Waals surface area (Å²) in [6, 6.07) is 0. The molecule has 0 amide bonds. The van der Waals surface area contributed by atoms with Gasteiger partial charge >= 0.3 is 0 Å². The molecular weight excluding hydrogens is 178 g/mol. The lowest BCUT2D eigenvalue weighted by atomic mass is 9.86. The number of piperidine rings is 1. The van der Waals surface area contributed by atoms with Crippen LogP contribution in [0.4, 0.5) is 0 Å². The van der Waals surface area contributed by atoms with Crippen molar-refractivity contribution in [3.05, 3.63) is 0 Å². The molecule has 0 saturated carbocycles. The van der Waals surface area contributed by atoms with Crippen LogP contribution in [0.1, 0.15) is 25.7 Å². The van der Waals surface area contributed by atoms with Gasteiger partial charge in [0.2, 0.25) is 0 Å². The molecule has 2 rings (SSSR count). The van der Waals surface area contributed by atoms with Gasteiger partial charge in [0.05, 0.1) is 12.2 Å². The molecule has 0 unspecified atom stereocenters. The Morgan fingerprint density at radius 1 is 1.57 bits per heavy atom. The SMILES string of the molecule is COCC[C@@H]1CO[C@@]2(CCCNC2)C1. The fourth-order valence-corrected chi connectivity index (χ4v) is 2.65. The molecule has 0 aromatic rings. The van der Waals surface area contributed by atoms with Crippen LogP contribution in [0.15, 0.2) is 0 Å². The van der Waals surface area contributed by atoms with Crippen molar-refractivity contribution >= 4 is 0 Å². The van der Waals surface area contributed by atoms with E-state index >= 15 is 0 Å². The maximum atomic E-state index is 5.97. The van der Waals surface area contributed by atoms with Crippen LogP contribution in [-0.4, -0.2) is 39.0 Å². The lowest BCUT2D eigenvalue weighted by molar-refractivity contribution is -0.0145. The average molecular weight is 199 g/mol. The predicted molar refractivity (Wildman–Crippen MR) is 55.4 cm³/mol. The first-order chi connectivity index (χ1) is 6.85. The van der Waals surface area contributed by atoms with Crippen LogP contribution in [0.5, 0.6) is 0 Å². The largest absolute Gasteiger partial charge is 0.385 e. The second-order valence-electron chi connectivity index (χ2n) is 4.63. The van der Waals surface area contributed by atoms with Crippen LogP contribution >= 0.6 is 0 Å². The Bertz CT molecular complexity index is 178. The van der Waals surface area contributed by atoms with Crippen LogP contribution in [0.3, 0.4) is 0 Å². The normalized spacial score (nSPS) is 37.9. The molecule has 0 aromatic carbocycles. The smallest absolute Gasteiger partial charge is 0.0810 e. The van der Waals surface area contributed by atoms with Gasteiger partial charge in [-0.25, -0.2) is 0 Å². The standard InChI is InChI=1S/C11H21NO2/c1-13-6-3-10-7-11(14-8-10)4-2-5-12-9-11/h10,12H,2-9H2,1H3/t10-,11-/m0/s1. The summed E-state index contributed by atoms with van der Waals surface area (Å²) in [5.41, 5.74) is 0.177. The lowest BCUT2D eigenvalue weighted by Gasteiger charge is -2.33. The van der Waals surface area contributed by atoms with Crippen molar-refractivity contribution in [3.63, 3.8) is 0 Å². The first kappa shape index (κ1) is 10.4. The van der Waals surface area contributed by atoms with Gasteiger partial charge in [0.15, 0.2) is 0 Å². The maximum absolute atomic E-state index is 5.97.